The second-order valence-electron chi connectivity index (χ2n) is 14.9. The lowest BCUT2D eigenvalue weighted by atomic mass is 9.67. The van der Waals surface area contributed by atoms with Crippen LogP contribution in [0.4, 0.5) is 17.1 Å². The maximum absolute atomic E-state index is 2.45. The highest BCUT2D eigenvalue weighted by molar-refractivity contribution is 6.09. The average Bonchev–Trinajstić information content (AvgIpc) is 3.78. The molecule has 1 heterocycles. The van der Waals surface area contributed by atoms with Crippen LogP contribution >= 0.6 is 0 Å². The number of nitrogens with zero attached hydrogens (tertiary/aromatic N) is 2. The number of rotatable bonds is 7. The van der Waals surface area contributed by atoms with Crippen molar-refractivity contribution in [2.75, 3.05) is 4.90 Å². The monoisotopic (exact) mass is 726 g/mol. The molecule has 0 saturated heterocycles. The summed E-state index contributed by atoms with van der Waals surface area (Å²) in [7, 11) is 0. The smallest absolute Gasteiger partial charge is 0.0714 e. The Hall–Kier alpha value is -7.42. The van der Waals surface area contributed by atoms with E-state index in [-0.39, 0.29) is 0 Å². The summed E-state index contributed by atoms with van der Waals surface area (Å²) in [6.45, 7) is 0. The Bertz CT molecular complexity index is 3000. The number of hydrogen-bond acceptors (Lipinski definition) is 1. The summed E-state index contributed by atoms with van der Waals surface area (Å²) in [5, 5.41) is 2.52. The summed E-state index contributed by atoms with van der Waals surface area (Å²) < 4.78 is 2.38. The normalized spacial score (nSPS) is 14.4. The molecule has 9 aromatic carbocycles. The van der Waals surface area contributed by atoms with Crippen molar-refractivity contribution in [3.05, 3.63) is 253 Å². The predicted octanol–water partition coefficient (Wildman–Crippen LogP) is 14.3. The van der Waals surface area contributed by atoms with Crippen molar-refractivity contribution >= 4 is 38.9 Å². The Balaban J connectivity index is 1.12. The van der Waals surface area contributed by atoms with E-state index in [0.717, 1.165) is 22.7 Å². The van der Waals surface area contributed by atoms with Gasteiger partial charge in [0, 0.05) is 33.5 Å². The van der Waals surface area contributed by atoms with Crippen molar-refractivity contribution in [2.24, 2.45) is 0 Å². The van der Waals surface area contributed by atoms with E-state index < -0.39 is 5.41 Å². The first-order chi connectivity index (χ1) is 28.3. The minimum Gasteiger partial charge on any atom is -0.310 e. The Morgan fingerprint density at radius 2 is 0.860 bits per heavy atom. The first kappa shape index (κ1) is 33.0. The van der Waals surface area contributed by atoms with Gasteiger partial charge in [-0.3, -0.25) is 0 Å². The molecule has 0 aliphatic heterocycles. The predicted molar refractivity (Wildman–Crippen MR) is 238 cm³/mol. The summed E-state index contributed by atoms with van der Waals surface area (Å²) in [4.78, 5) is 2.40. The summed E-state index contributed by atoms with van der Waals surface area (Å²) >= 11 is 0. The van der Waals surface area contributed by atoms with Crippen LogP contribution in [0, 0.1) is 0 Å². The van der Waals surface area contributed by atoms with Gasteiger partial charge in [-0.25, -0.2) is 0 Å². The first-order valence-electron chi connectivity index (χ1n) is 19.7. The average molecular weight is 727 g/mol. The molecule has 2 nitrogen and oxygen atoms in total. The molecule has 2 heteroatoms. The third-order valence-corrected chi connectivity index (χ3v) is 11.9. The van der Waals surface area contributed by atoms with Gasteiger partial charge in [0.25, 0.3) is 0 Å². The summed E-state index contributed by atoms with van der Waals surface area (Å²) in [6, 6.07) is 84.3. The van der Waals surface area contributed by atoms with Crippen LogP contribution in [0.2, 0.25) is 0 Å². The molecule has 1 unspecified atom stereocenters. The lowest BCUT2D eigenvalue weighted by molar-refractivity contribution is 0.769. The maximum Gasteiger partial charge on any atom is 0.0714 e. The molecule has 1 aliphatic carbocycles. The fourth-order valence-electron chi connectivity index (χ4n) is 9.42. The molecule has 10 aromatic rings. The van der Waals surface area contributed by atoms with E-state index in [9.17, 15) is 0 Å². The van der Waals surface area contributed by atoms with Gasteiger partial charge in [-0.15, -0.1) is 0 Å². The second kappa shape index (κ2) is 13.4. The van der Waals surface area contributed by atoms with Crippen molar-refractivity contribution in [3.8, 4) is 27.9 Å². The largest absolute Gasteiger partial charge is 0.310 e. The molecule has 1 atom stereocenters. The van der Waals surface area contributed by atoms with Crippen molar-refractivity contribution in [1.82, 2.24) is 4.57 Å². The van der Waals surface area contributed by atoms with Crippen molar-refractivity contribution < 1.29 is 0 Å². The first-order valence-corrected chi connectivity index (χ1v) is 19.7. The molecule has 1 aromatic heterocycles. The zero-order valence-electron chi connectivity index (χ0n) is 31.3. The topological polar surface area (TPSA) is 8.17 Å². The van der Waals surface area contributed by atoms with Crippen LogP contribution in [-0.2, 0) is 5.41 Å². The van der Waals surface area contributed by atoms with Crippen molar-refractivity contribution in [1.29, 1.82) is 0 Å². The lowest BCUT2D eigenvalue weighted by Crippen LogP contribution is -2.29. The molecular formula is C55H38N2. The van der Waals surface area contributed by atoms with Crippen LogP contribution in [-0.4, -0.2) is 4.57 Å². The Morgan fingerprint density at radius 1 is 0.333 bits per heavy atom. The van der Waals surface area contributed by atoms with Crippen molar-refractivity contribution in [3.63, 3.8) is 0 Å². The van der Waals surface area contributed by atoms with Gasteiger partial charge in [-0.1, -0.05) is 164 Å². The van der Waals surface area contributed by atoms with Crippen LogP contribution in [0.5, 0.6) is 0 Å². The molecule has 0 amide bonds. The fraction of sp³-hybridized carbons (Fsp3) is 0.0182. The molecule has 0 saturated carbocycles. The van der Waals surface area contributed by atoms with E-state index >= 15 is 0 Å². The molecule has 11 rings (SSSR count). The SMILES string of the molecule is c1ccc(-c2cccc(C3(c4ccccc4)c4ccccc4-c4ccc(N(c5ccccc5)c5ccc(-n6c7ccccc7c7ccccc76)cc5)cc43)c2)cc1. The molecular weight excluding hydrogens is 689 g/mol. The van der Waals surface area contributed by atoms with Gasteiger partial charge in [-0.2, -0.15) is 0 Å². The van der Waals surface area contributed by atoms with Crippen LogP contribution in [0.1, 0.15) is 22.3 Å². The highest BCUT2D eigenvalue weighted by atomic mass is 15.1. The zero-order valence-corrected chi connectivity index (χ0v) is 31.3. The quantitative estimate of drug-likeness (QED) is 0.159. The van der Waals surface area contributed by atoms with Gasteiger partial charge < -0.3 is 9.47 Å². The van der Waals surface area contributed by atoms with Gasteiger partial charge in [0.15, 0.2) is 0 Å². The van der Waals surface area contributed by atoms with Gasteiger partial charge in [-0.05, 0) is 111 Å². The summed E-state index contributed by atoms with van der Waals surface area (Å²) in [5.41, 5.74) is 16.3. The number of para-hydroxylation sites is 3. The Kier molecular flexibility index (Phi) is 7.75. The van der Waals surface area contributed by atoms with E-state index in [4.69, 9.17) is 0 Å². The number of fused-ring (bicyclic) bond motifs is 6. The molecule has 0 N–H and O–H groups in total. The third-order valence-electron chi connectivity index (χ3n) is 11.9. The van der Waals surface area contributed by atoms with Crippen LogP contribution in [0.3, 0.4) is 0 Å². The minimum absolute atomic E-state index is 0.545. The van der Waals surface area contributed by atoms with Crippen LogP contribution in [0.15, 0.2) is 231 Å². The van der Waals surface area contributed by atoms with Crippen LogP contribution < -0.4 is 4.90 Å². The number of aromatic nitrogens is 1. The van der Waals surface area contributed by atoms with E-state index in [0.29, 0.717) is 0 Å². The van der Waals surface area contributed by atoms with Crippen LogP contribution in [0.25, 0.3) is 49.7 Å². The molecule has 1 aliphatic rings. The standard InChI is InChI=1S/C55H38N2/c1-4-17-39(18-5-1)40-19-16-22-42(37-40)55(41-20-6-2-7-21-41)51-28-13-10-25-47(51)48-36-35-46(38-52(48)55)56(43-23-8-3-9-24-43)44-31-33-45(34-32-44)57-53-29-14-11-26-49(53)50-27-12-15-30-54(50)57/h1-38H. The van der Waals surface area contributed by atoms with Crippen molar-refractivity contribution in [2.45, 2.75) is 5.41 Å². The Morgan fingerprint density at radius 3 is 1.58 bits per heavy atom. The van der Waals surface area contributed by atoms with Gasteiger partial charge >= 0.3 is 0 Å². The molecule has 57 heavy (non-hydrogen) atoms. The number of benzene rings is 9. The Labute approximate surface area is 333 Å². The number of anilines is 3. The highest BCUT2D eigenvalue weighted by Gasteiger charge is 2.46. The van der Waals surface area contributed by atoms with E-state index in [1.807, 2.05) is 0 Å². The molecule has 0 fully saturated rings. The maximum atomic E-state index is 2.45. The summed E-state index contributed by atoms with van der Waals surface area (Å²) in [5.74, 6) is 0. The molecule has 0 bridgehead atoms. The molecule has 0 radical (unpaired) electrons. The van der Waals surface area contributed by atoms with Gasteiger partial charge in [0.1, 0.15) is 0 Å². The zero-order chi connectivity index (χ0) is 37.8. The van der Waals surface area contributed by atoms with Gasteiger partial charge in [0.2, 0.25) is 0 Å². The lowest BCUT2D eigenvalue weighted by Gasteiger charge is -2.35. The minimum atomic E-state index is -0.545. The summed E-state index contributed by atoms with van der Waals surface area (Å²) in [6.07, 6.45) is 0. The molecule has 0 spiro atoms. The number of hydrogen-bond donors (Lipinski definition) is 0. The van der Waals surface area contributed by atoms with Gasteiger partial charge in [0.05, 0.1) is 16.4 Å². The van der Waals surface area contributed by atoms with E-state index in [1.54, 1.807) is 0 Å². The third kappa shape index (κ3) is 5.18. The fourth-order valence-corrected chi connectivity index (χ4v) is 9.42. The molecule has 268 valence electrons. The highest BCUT2D eigenvalue weighted by Crippen LogP contribution is 2.57. The van der Waals surface area contributed by atoms with E-state index in [2.05, 4.69) is 240 Å². The van der Waals surface area contributed by atoms with E-state index in [1.165, 1.54) is 66.3 Å². The second-order valence-corrected chi connectivity index (χ2v) is 14.9.